The minimum Gasteiger partial charge on any atom is -0.497 e. The van der Waals surface area contributed by atoms with Crippen molar-refractivity contribution in [1.29, 1.82) is 0 Å². The maximum absolute atomic E-state index is 10.9. The fourth-order valence-corrected chi connectivity index (χ4v) is 3.29. The third-order valence-electron chi connectivity index (χ3n) is 4.35. The molecule has 1 heterocycles. The number of rotatable bonds is 4. The van der Waals surface area contributed by atoms with E-state index in [1.807, 2.05) is 41.8 Å². The van der Waals surface area contributed by atoms with E-state index in [9.17, 15) is 5.11 Å². The van der Waals surface area contributed by atoms with Crippen LogP contribution in [0.25, 0.3) is 10.9 Å². The Morgan fingerprint density at radius 1 is 1.17 bits per heavy atom. The highest BCUT2D eigenvalue weighted by atomic mass is 35.5. The third-order valence-corrected chi connectivity index (χ3v) is 4.60. The summed E-state index contributed by atoms with van der Waals surface area (Å²) in [5.41, 5.74) is 4.11. The zero-order valence-electron chi connectivity index (χ0n) is 13.5. The first-order valence-electron chi connectivity index (χ1n) is 7.67. The van der Waals surface area contributed by atoms with Crippen molar-refractivity contribution in [2.45, 2.75) is 26.5 Å². The van der Waals surface area contributed by atoms with Gasteiger partial charge >= 0.3 is 0 Å². The van der Waals surface area contributed by atoms with Gasteiger partial charge < -0.3 is 14.4 Å². The van der Waals surface area contributed by atoms with Crippen molar-refractivity contribution in [3.8, 4) is 5.75 Å². The molecule has 0 aliphatic heterocycles. The van der Waals surface area contributed by atoms with Crippen molar-refractivity contribution in [3.05, 3.63) is 64.3 Å². The number of methoxy groups -OCH3 is 1. The predicted molar refractivity (Wildman–Crippen MR) is 94.4 cm³/mol. The maximum Gasteiger partial charge on any atom is 0.157 e. The normalized spacial score (nSPS) is 12.6. The average molecular weight is 330 g/mol. The molecule has 3 aromatic rings. The van der Waals surface area contributed by atoms with Crippen LogP contribution >= 0.6 is 11.6 Å². The second-order valence-electron chi connectivity index (χ2n) is 5.60. The first-order chi connectivity index (χ1) is 11.1. The van der Waals surface area contributed by atoms with Crippen molar-refractivity contribution < 1.29 is 9.84 Å². The standard InChI is InChI=1S/C19H20ClNO2/c1-4-16-12(2)21(18-10-9-15(23-3)11-17(16)18)19(22)13-5-7-14(20)8-6-13/h5-11,19,22H,4H2,1-3H3. The Balaban J connectivity index is 2.20. The molecule has 120 valence electrons. The monoisotopic (exact) mass is 329 g/mol. The first kappa shape index (κ1) is 15.9. The Morgan fingerprint density at radius 3 is 2.48 bits per heavy atom. The number of aromatic nitrogens is 1. The number of hydrogen-bond donors (Lipinski definition) is 1. The van der Waals surface area contributed by atoms with Gasteiger partial charge in [-0.15, -0.1) is 0 Å². The Labute approximate surface area is 141 Å². The molecule has 2 aromatic carbocycles. The largest absolute Gasteiger partial charge is 0.497 e. The molecular formula is C19H20ClNO2. The summed E-state index contributed by atoms with van der Waals surface area (Å²) >= 11 is 5.95. The third kappa shape index (κ3) is 2.71. The van der Waals surface area contributed by atoms with Crippen LogP contribution in [0.2, 0.25) is 5.02 Å². The highest BCUT2D eigenvalue weighted by Gasteiger charge is 2.19. The van der Waals surface area contributed by atoms with Crippen LogP contribution < -0.4 is 4.74 Å². The van der Waals surface area contributed by atoms with Crippen LogP contribution in [-0.4, -0.2) is 16.8 Å². The minimum absolute atomic E-state index is 0.661. The van der Waals surface area contributed by atoms with Crippen molar-refractivity contribution in [2.75, 3.05) is 7.11 Å². The minimum atomic E-state index is -0.747. The lowest BCUT2D eigenvalue weighted by Crippen LogP contribution is -2.11. The summed E-state index contributed by atoms with van der Waals surface area (Å²) in [6, 6.07) is 13.3. The van der Waals surface area contributed by atoms with Crippen molar-refractivity contribution in [1.82, 2.24) is 4.57 Å². The smallest absolute Gasteiger partial charge is 0.157 e. The van der Waals surface area contributed by atoms with Gasteiger partial charge in [-0.25, -0.2) is 0 Å². The van der Waals surface area contributed by atoms with Crippen LogP contribution in [0.15, 0.2) is 42.5 Å². The van der Waals surface area contributed by atoms with Gasteiger partial charge in [0.1, 0.15) is 5.75 Å². The fourth-order valence-electron chi connectivity index (χ4n) is 3.16. The average Bonchev–Trinajstić information content (AvgIpc) is 2.85. The second kappa shape index (κ2) is 6.26. The van der Waals surface area contributed by atoms with Gasteiger partial charge in [-0.3, -0.25) is 0 Å². The molecule has 1 N–H and O–H groups in total. The Morgan fingerprint density at radius 2 is 1.87 bits per heavy atom. The second-order valence-corrected chi connectivity index (χ2v) is 6.03. The SMILES string of the molecule is CCc1c(C)n(C(O)c2ccc(Cl)cc2)c2ccc(OC)cc12. The molecule has 3 rings (SSSR count). The summed E-state index contributed by atoms with van der Waals surface area (Å²) in [6.07, 6.45) is 0.152. The first-order valence-corrected chi connectivity index (χ1v) is 8.05. The molecule has 1 atom stereocenters. The van der Waals surface area contributed by atoms with Crippen molar-refractivity contribution in [3.63, 3.8) is 0 Å². The lowest BCUT2D eigenvalue weighted by Gasteiger charge is -2.17. The molecule has 0 saturated heterocycles. The van der Waals surface area contributed by atoms with E-state index in [2.05, 4.69) is 6.92 Å². The molecule has 0 aliphatic carbocycles. The van der Waals surface area contributed by atoms with Gasteiger partial charge in [-0.1, -0.05) is 30.7 Å². The van der Waals surface area contributed by atoms with Gasteiger partial charge in [0.05, 0.1) is 12.6 Å². The molecule has 1 unspecified atom stereocenters. The van der Waals surface area contributed by atoms with Gasteiger partial charge in [-0.2, -0.15) is 0 Å². The lowest BCUT2D eigenvalue weighted by atomic mass is 10.1. The molecule has 4 heteroatoms. The van der Waals surface area contributed by atoms with E-state index in [1.54, 1.807) is 19.2 Å². The summed E-state index contributed by atoms with van der Waals surface area (Å²) < 4.78 is 7.31. The highest BCUT2D eigenvalue weighted by Crippen LogP contribution is 2.33. The Hall–Kier alpha value is -1.97. The Bertz CT molecular complexity index is 837. The topological polar surface area (TPSA) is 34.4 Å². The lowest BCUT2D eigenvalue weighted by molar-refractivity contribution is 0.149. The number of aliphatic hydroxyl groups is 1. The van der Waals surface area contributed by atoms with Gasteiger partial charge in [-0.05, 0) is 49.2 Å². The zero-order valence-corrected chi connectivity index (χ0v) is 14.3. The molecule has 0 fully saturated rings. The van der Waals surface area contributed by atoms with Gasteiger partial charge in [0.2, 0.25) is 0 Å². The number of ether oxygens (including phenoxy) is 1. The molecule has 0 spiro atoms. The molecule has 1 aromatic heterocycles. The predicted octanol–water partition coefficient (Wildman–Crippen LogP) is 4.71. The van der Waals surface area contributed by atoms with Crippen LogP contribution in [0, 0.1) is 6.92 Å². The maximum atomic E-state index is 10.9. The van der Waals surface area contributed by atoms with Crippen LogP contribution in [0.3, 0.4) is 0 Å². The van der Waals surface area contributed by atoms with Crippen LogP contribution in [-0.2, 0) is 6.42 Å². The van der Waals surface area contributed by atoms with Crippen molar-refractivity contribution >= 4 is 22.5 Å². The molecular weight excluding hydrogens is 310 g/mol. The number of benzene rings is 2. The van der Waals surface area contributed by atoms with E-state index >= 15 is 0 Å². The molecule has 0 amide bonds. The summed E-state index contributed by atoms with van der Waals surface area (Å²) in [4.78, 5) is 0. The van der Waals surface area contributed by atoms with E-state index in [0.717, 1.165) is 34.3 Å². The summed E-state index contributed by atoms with van der Waals surface area (Å²) in [7, 11) is 1.67. The summed E-state index contributed by atoms with van der Waals surface area (Å²) in [6.45, 7) is 4.17. The molecule has 3 nitrogen and oxygen atoms in total. The fraction of sp³-hybridized carbons (Fsp3) is 0.263. The highest BCUT2D eigenvalue weighted by molar-refractivity contribution is 6.30. The van der Waals surface area contributed by atoms with Crippen LogP contribution in [0.4, 0.5) is 0 Å². The van der Waals surface area contributed by atoms with E-state index in [0.29, 0.717) is 5.02 Å². The van der Waals surface area contributed by atoms with Gasteiger partial charge in [0.25, 0.3) is 0 Å². The van der Waals surface area contributed by atoms with Crippen molar-refractivity contribution in [2.24, 2.45) is 0 Å². The number of hydrogen-bond acceptors (Lipinski definition) is 2. The molecule has 23 heavy (non-hydrogen) atoms. The Kier molecular flexibility index (Phi) is 4.33. The van der Waals surface area contributed by atoms with E-state index in [-0.39, 0.29) is 0 Å². The number of halogens is 1. The number of fused-ring (bicyclic) bond motifs is 1. The molecule has 0 bridgehead atoms. The molecule has 0 aliphatic rings. The molecule has 0 saturated carbocycles. The van der Waals surface area contributed by atoms with Gasteiger partial charge in [0, 0.05) is 21.7 Å². The molecule has 0 radical (unpaired) electrons. The number of aliphatic hydroxyl groups excluding tert-OH is 1. The van der Waals surface area contributed by atoms with E-state index < -0.39 is 6.23 Å². The van der Waals surface area contributed by atoms with Gasteiger partial charge in [0.15, 0.2) is 6.23 Å². The van der Waals surface area contributed by atoms with E-state index in [1.165, 1.54) is 5.56 Å². The quantitative estimate of drug-likeness (QED) is 0.752. The van der Waals surface area contributed by atoms with Crippen LogP contribution in [0.1, 0.15) is 30.0 Å². The summed E-state index contributed by atoms with van der Waals surface area (Å²) in [5, 5.41) is 12.7. The number of nitrogens with zero attached hydrogens (tertiary/aromatic N) is 1. The van der Waals surface area contributed by atoms with Crippen LogP contribution in [0.5, 0.6) is 5.75 Å². The van der Waals surface area contributed by atoms with E-state index in [4.69, 9.17) is 16.3 Å². The summed E-state index contributed by atoms with van der Waals surface area (Å²) in [5.74, 6) is 0.824. The number of aryl methyl sites for hydroxylation is 1. The zero-order chi connectivity index (χ0) is 16.6.